The molecule has 0 aliphatic carbocycles. The zero-order valence-electron chi connectivity index (χ0n) is 15.2. The maximum absolute atomic E-state index is 6.02. The van der Waals surface area contributed by atoms with Crippen molar-refractivity contribution in [1.82, 2.24) is 15.3 Å². The lowest BCUT2D eigenvalue weighted by atomic mass is 10.1. The van der Waals surface area contributed by atoms with Crippen LogP contribution in [0.4, 0.5) is 5.82 Å². The lowest BCUT2D eigenvalue weighted by molar-refractivity contribution is 0.828. The quantitative estimate of drug-likeness (QED) is 0.528. The predicted molar refractivity (Wildman–Crippen MR) is 107 cm³/mol. The second-order valence-corrected chi connectivity index (χ2v) is 6.25. The van der Waals surface area contributed by atoms with Crippen molar-refractivity contribution in [2.45, 2.75) is 13.0 Å². The Morgan fingerprint density at radius 3 is 2.73 bits per heavy atom. The SMILES string of the molecule is CN(C)c1cc(CN=C(N)NCCc2ccccn2)c2ccccc2n1. The summed E-state index contributed by atoms with van der Waals surface area (Å²) in [4.78, 5) is 15.5. The fraction of sp³-hybridized carbons (Fsp3) is 0.250. The number of guanidine groups is 1. The topological polar surface area (TPSA) is 79.4 Å². The Morgan fingerprint density at radius 2 is 1.96 bits per heavy atom. The minimum Gasteiger partial charge on any atom is -0.370 e. The highest BCUT2D eigenvalue weighted by Gasteiger charge is 2.07. The standard InChI is InChI=1S/C20H24N6/c1-26(2)19-13-15(17-8-3-4-9-18(17)25-19)14-24-20(21)23-12-10-16-7-5-6-11-22-16/h3-9,11,13H,10,12,14H2,1-2H3,(H3,21,23,24). The first-order chi connectivity index (χ1) is 12.6. The van der Waals surface area contributed by atoms with Crippen LogP contribution in [-0.4, -0.2) is 36.6 Å². The number of nitrogens with zero attached hydrogens (tertiary/aromatic N) is 4. The molecular weight excluding hydrogens is 324 g/mol. The molecule has 3 aromatic rings. The van der Waals surface area contributed by atoms with Crippen molar-refractivity contribution in [3.63, 3.8) is 0 Å². The molecule has 0 aliphatic heterocycles. The maximum atomic E-state index is 6.02. The summed E-state index contributed by atoms with van der Waals surface area (Å²) >= 11 is 0. The van der Waals surface area contributed by atoms with Crippen molar-refractivity contribution < 1.29 is 0 Å². The van der Waals surface area contributed by atoms with Crippen LogP contribution < -0.4 is 16.0 Å². The fourth-order valence-electron chi connectivity index (χ4n) is 2.68. The summed E-state index contributed by atoms with van der Waals surface area (Å²) in [6.07, 6.45) is 2.60. The molecule has 6 heteroatoms. The molecule has 6 nitrogen and oxygen atoms in total. The number of aliphatic imine (C=N–C) groups is 1. The van der Waals surface area contributed by atoms with Crippen molar-refractivity contribution >= 4 is 22.7 Å². The number of anilines is 1. The number of fused-ring (bicyclic) bond motifs is 1. The van der Waals surface area contributed by atoms with Crippen LogP contribution in [0.1, 0.15) is 11.3 Å². The lowest BCUT2D eigenvalue weighted by Crippen LogP contribution is -2.33. The lowest BCUT2D eigenvalue weighted by Gasteiger charge is -2.14. The number of hydrogen-bond acceptors (Lipinski definition) is 4. The van der Waals surface area contributed by atoms with E-state index in [9.17, 15) is 0 Å². The van der Waals surface area contributed by atoms with Crippen LogP contribution in [0, 0.1) is 0 Å². The van der Waals surface area contributed by atoms with Gasteiger partial charge in [-0.25, -0.2) is 9.98 Å². The minimum absolute atomic E-state index is 0.438. The summed E-state index contributed by atoms with van der Waals surface area (Å²) in [6.45, 7) is 1.21. The van der Waals surface area contributed by atoms with Crippen molar-refractivity contribution in [1.29, 1.82) is 0 Å². The van der Waals surface area contributed by atoms with Gasteiger partial charge < -0.3 is 16.0 Å². The molecule has 1 aromatic carbocycles. The minimum atomic E-state index is 0.438. The zero-order chi connectivity index (χ0) is 18.4. The summed E-state index contributed by atoms with van der Waals surface area (Å²) in [6, 6.07) is 16.1. The van der Waals surface area contributed by atoms with Crippen LogP contribution in [0.15, 0.2) is 59.7 Å². The van der Waals surface area contributed by atoms with Gasteiger partial charge >= 0.3 is 0 Å². The molecule has 0 saturated carbocycles. The van der Waals surface area contributed by atoms with Gasteiger partial charge in [0.05, 0.1) is 12.1 Å². The number of para-hydroxylation sites is 1. The Kier molecular flexibility index (Phi) is 5.63. The van der Waals surface area contributed by atoms with Crippen LogP contribution in [0.3, 0.4) is 0 Å². The van der Waals surface area contributed by atoms with Crippen molar-refractivity contribution in [3.8, 4) is 0 Å². The maximum Gasteiger partial charge on any atom is 0.188 e. The van der Waals surface area contributed by atoms with Crippen molar-refractivity contribution in [2.75, 3.05) is 25.5 Å². The van der Waals surface area contributed by atoms with Crippen LogP contribution in [-0.2, 0) is 13.0 Å². The highest BCUT2D eigenvalue weighted by atomic mass is 15.1. The average Bonchev–Trinajstić information content (AvgIpc) is 2.66. The molecule has 2 aromatic heterocycles. The van der Waals surface area contributed by atoms with Crippen LogP contribution in [0.5, 0.6) is 0 Å². The molecule has 0 fully saturated rings. The van der Waals surface area contributed by atoms with Crippen LogP contribution in [0.2, 0.25) is 0 Å². The summed E-state index contributed by atoms with van der Waals surface area (Å²) in [5.41, 5.74) is 9.12. The molecule has 0 spiro atoms. The molecule has 0 bridgehead atoms. The molecule has 2 heterocycles. The first kappa shape index (κ1) is 17.7. The van der Waals surface area contributed by atoms with E-state index < -0.39 is 0 Å². The van der Waals surface area contributed by atoms with Gasteiger partial charge in [0.25, 0.3) is 0 Å². The van der Waals surface area contributed by atoms with Crippen LogP contribution >= 0.6 is 0 Å². The molecular formula is C20H24N6. The van der Waals surface area contributed by atoms with E-state index >= 15 is 0 Å². The van der Waals surface area contributed by atoms with Gasteiger partial charge in [0.15, 0.2) is 5.96 Å². The van der Waals surface area contributed by atoms with Gasteiger partial charge in [-0.2, -0.15) is 0 Å². The van der Waals surface area contributed by atoms with Gasteiger partial charge in [-0.1, -0.05) is 24.3 Å². The van der Waals surface area contributed by atoms with E-state index in [0.717, 1.165) is 34.4 Å². The highest BCUT2D eigenvalue weighted by molar-refractivity contribution is 5.84. The molecule has 3 N–H and O–H groups in total. The normalized spacial score (nSPS) is 11.5. The molecule has 26 heavy (non-hydrogen) atoms. The third-order valence-corrected chi connectivity index (χ3v) is 4.08. The Balaban J connectivity index is 1.68. The third kappa shape index (κ3) is 4.47. The van der Waals surface area contributed by atoms with Crippen LogP contribution in [0.25, 0.3) is 10.9 Å². The molecule has 0 aliphatic rings. The van der Waals surface area contributed by atoms with E-state index in [1.807, 2.05) is 55.4 Å². The summed E-state index contributed by atoms with van der Waals surface area (Å²) in [7, 11) is 3.97. The molecule has 134 valence electrons. The molecule has 0 saturated heterocycles. The van der Waals surface area contributed by atoms with Gasteiger partial charge in [-0.3, -0.25) is 4.98 Å². The van der Waals surface area contributed by atoms with Crippen molar-refractivity contribution in [3.05, 3.63) is 66.0 Å². The zero-order valence-corrected chi connectivity index (χ0v) is 15.2. The largest absolute Gasteiger partial charge is 0.370 e. The Morgan fingerprint density at radius 1 is 1.15 bits per heavy atom. The van der Waals surface area contributed by atoms with Crippen molar-refractivity contribution in [2.24, 2.45) is 10.7 Å². The Labute approximate surface area is 153 Å². The first-order valence-corrected chi connectivity index (χ1v) is 8.63. The van der Waals surface area contributed by atoms with E-state index in [1.165, 1.54) is 0 Å². The van der Waals surface area contributed by atoms with Gasteiger partial charge in [0.1, 0.15) is 5.82 Å². The molecule has 3 rings (SSSR count). The molecule has 0 amide bonds. The Bertz CT molecular complexity index is 889. The number of aromatic nitrogens is 2. The summed E-state index contributed by atoms with van der Waals surface area (Å²) in [5, 5.41) is 4.25. The van der Waals surface area contributed by atoms with Gasteiger partial charge in [-0.15, -0.1) is 0 Å². The number of benzene rings is 1. The number of hydrogen-bond donors (Lipinski definition) is 2. The number of nitrogens with one attached hydrogen (secondary N) is 1. The summed E-state index contributed by atoms with van der Waals surface area (Å²) in [5.74, 6) is 1.35. The van der Waals surface area contributed by atoms with E-state index in [0.29, 0.717) is 19.0 Å². The second-order valence-electron chi connectivity index (χ2n) is 6.25. The second kappa shape index (κ2) is 8.29. The number of nitrogens with two attached hydrogens (primary N) is 1. The predicted octanol–water partition coefficient (Wildman–Crippen LogP) is 2.34. The highest BCUT2D eigenvalue weighted by Crippen LogP contribution is 2.22. The number of rotatable bonds is 6. The summed E-state index contributed by atoms with van der Waals surface area (Å²) < 4.78 is 0. The van der Waals surface area contributed by atoms with E-state index in [-0.39, 0.29) is 0 Å². The fourth-order valence-corrected chi connectivity index (χ4v) is 2.68. The molecule has 0 radical (unpaired) electrons. The van der Waals surface area contributed by atoms with E-state index in [4.69, 9.17) is 5.73 Å². The van der Waals surface area contributed by atoms with Gasteiger partial charge in [-0.05, 0) is 29.8 Å². The monoisotopic (exact) mass is 348 g/mol. The van der Waals surface area contributed by atoms with Gasteiger partial charge in [0, 0.05) is 44.3 Å². The average molecular weight is 348 g/mol. The van der Waals surface area contributed by atoms with E-state index in [1.54, 1.807) is 6.20 Å². The smallest absolute Gasteiger partial charge is 0.188 e. The third-order valence-electron chi connectivity index (χ3n) is 4.08. The molecule has 0 unspecified atom stereocenters. The molecule has 0 atom stereocenters. The number of pyridine rings is 2. The van der Waals surface area contributed by atoms with Gasteiger partial charge in [0.2, 0.25) is 0 Å². The van der Waals surface area contributed by atoms with E-state index in [2.05, 4.69) is 32.4 Å². The first-order valence-electron chi connectivity index (χ1n) is 8.63. The Hall–Kier alpha value is -3.15.